The summed E-state index contributed by atoms with van der Waals surface area (Å²) in [5.41, 5.74) is -1.69. The van der Waals surface area contributed by atoms with Crippen molar-refractivity contribution in [2.45, 2.75) is 26.1 Å². The molecule has 7 heteroatoms. The van der Waals surface area contributed by atoms with E-state index in [1.54, 1.807) is 10.6 Å². The molecule has 1 heterocycles. The number of hydrogen-bond donors (Lipinski definition) is 2. The third kappa shape index (κ3) is 1.66. The molecule has 4 nitrogen and oxygen atoms in total. The van der Waals surface area contributed by atoms with Crippen molar-refractivity contribution in [2.24, 2.45) is 5.41 Å². The van der Waals surface area contributed by atoms with E-state index in [-0.39, 0.29) is 0 Å². The zero-order valence-electron chi connectivity index (χ0n) is 7.53. The quantitative estimate of drug-likeness (QED) is 0.620. The highest BCUT2D eigenvalue weighted by Crippen LogP contribution is 2.35. The SMILES string of the molecule is CC1(C)C(=O)NC(=O)NC1C(F)(F)F. The molecular formula is C7H9F3N2O2. The molecule has 0 saturated carbocycles. The summed E-state index contributed by atoms with van der Waals surface area (Å²) in [7, 11) is 0. The third-order valence-electron chi connectivity index (χ3n) is 2.14. The summed E-state index contributed by atoms with van der Waals surface area (Å²) in [6.45, 7) is 2.25. The van der Waals surface area contributed by atoms with Crippen molar-refractivity contribution in [1.82, 2.24) is 10.6 Å². The fourth-order valence-electron chi connectivity index (χ4n) is 1.23. The van der Waals surface area contributed by atoms with Gasteiger partial charge in [0.25, 0.3) is 0 Å². The number of urea groups is 1. The number of carbonyl (C=O) groups is 2. The molecule has 1 fully saturated rings. The normalized spacial score (nSPS) is 26.8. The van der Waals surface area contributed by atoms with Gasteiger partial charge in [0.15, 0.2) is 0 Å². The first-order valence-electron chi connectivity index (χ1n) is 3.84. The van der Waals surface area contributed by atoms with Crippen LogP contribution in [0.2, 0.25) is 0 Å². The van der Waals surface area contributed by atoms with E-state index in [0.717, 1.165) is 13.8 Å². The third-order valence-corrected chi connectivity index (χ3v) is 2.14. The number of alkyl halides is 3. The lowest BCUT2D eigenvalue weighted by atomic mass is 9.81. The maximum absolute atomic E-state index is 12.4. The maximum atomic E-state index is 12.4. The molecule has 0 aliphatic carbocycles. The predicted octanol–water partition coefficient (Wildman–Crippen LogP) is 0.783. The van der Waals surface area contributed by atoms with Gasteiger partial charge in [0, 0.05) is 0 Å². The van der Waals surface area contributed by atoms with Crippen molar-refractivity contribution in [3.63, 3.8) is 0 Å². The topological polar surface area (TPSA) is 58.2 Å². The second kappa shape index (κ2) is 2.86. The van der Waals surface area contributed by atoms with Crippen LogP contribution >= 0.6 is 0 Å². The Hall–Kier alpha value is -1.27. The highest BCUT2D eigenvalue weighted by atomic mass is 19.4. The van der Waals surface area contributed by atoms with Crippen LogP contribution in [-0.2, 0) is 4.79 Å². The molecule has 0 bridgehead atoms. The summed E-state index contributed by atoms with van der Waals surface area (Å²) < 4.78 is 37.2. The zero-order chi connectivity index (χ0) is 11.1. The number of amides is 3. The monoisotopic (exact) mass is 210 g/mol. The molecule has 1 unspecified atom stereocenters. The summed E-state index contributed by atoms with van der Waals surface area (Å²) >= 11 is 0. The number of imide groups is 1. The molecule has 1 rings (SSSR count). The minimum Gasteiger partial charge on any atom is -0.325 e. The largest absolute Gasteiger partial charge is 0.409 e. The fraction of sp³-hybridized carbons (Fsp3) is 0.714. The van der Waals surface area contributed by atoms with Gasteiger partial charge in [0.05, 0.1) is 5.41 Å². The van der Waals surface area contributed by atoms with Crippen molar-refractivity contribution >= 4 is 11.9 Å². The van der Waals surface area contributed by atoms with Crippen molar-refractivity contribution in [2.75, 3.05) is 0 Å². The molecule has 1 aliphatic heterocycles. The van der Waals surface area contributed by atoms with Gasteiger partial charge >= 0.3 is 12.2 Å². The maximum Gasteiger partial charge on any atom is 0.409 e. The first kappa shape index (κ1) is 10.8. The van der Waals surface area contributed by atoms with Gasteiger partial charge in [-0.05, 0) is 13.8 Å². The fourth-order valence-corrected chi connectivity index (χ4v) is 1.23. The molecule has 14 heavy (non-hydrogen) atoms. The second-order valence-corrected chi connectivity index (χ2v) is 3.62. The van der Waals surface area contributed by atoms with Gasteiger partial charge in [-0.15, -0.1) is 0 Å². The second-order valence-electron chi connectivity index (χ2n) is 3.62. The van der Waals surface area contributed by atoms with E-state index in [1.165, 1.54) is 0 Å². The number of rotatable bonds is 0. The van der Waals surface area contributed by atoms with Crippen LogP contribution < -0.4 is 10.6 Å². The summed E-state index contributed by atoms with van der Waals surface area (Å²) in [5, 5.41) is 3.46. The lowest BCUT2D eigenvalue weighted by Crippen LogP contribution is -2.67. The average molecular weight is 210 g/mol. The molecule has 2 N–H and O–H groups in total. The van der Waals surface area contributed by atoms with Gasteiger partial charge in [-0.25, -0.2) is 4.79 Å². The molecule has 0 radical (unpaired) electrons. The summed E-state index contributed by atoms with van der Waals surface area (Å²) in [6.07, 6.45) is -4.63. The van der Waals surface area contributed by atoms with Gasteiger partial charge in [-0.2, -0.15) is 13.2 Å². The van der Waals surface area contributed by atoms with Gasteiger partial charge in [-0.1, -0.05) is 0 Å². The van der Waals surface area contributed by atoms with Crippen LogP contribution in [0.1, 0.15) is 13.8 Å². The molecule has 1 atom stereocenters. The summed E-state index contributed by atoms with van der Waals surface area (Å²) in [5.74, 6) is -0.927. The van der Waals surface area contributed by atoms with E-state index in [0.29, 0.717) is 0 Å². The van der Waals surface area contributed by atoms with E-state index in [1.807, 2.05) is 0 Å². The lowest BCUT2D eigenvalue weighted by molar-refractivity contribution is -0.184. The standard InChI is InChI=1S/C7H9F3N2O2/c1-6(2)3(7(8,9)10)11-5(14)12-4(6)13/h3H,1-2H3,(H2,11,12,13,14). The van der Waals surface area contributed by atoms with Crippen molar-refractivity contribution in [3.8, 4) is 0 Å². The first-order valence-corrected chi connectivity index (χ1v) is 3.84. The van der Waals surface area contributed by atoms with Gasteiger partial charge in [-0.3, -0.25) is 10.1 Å². The van der Waals surface area contributed by atoms with Gasteiger partial charge in [0.2, 0.25) is 5.91 Å². The van der Waals surface area contributed by atoms with Crippen LogP contribution in [0, 0.1) is 5.41 Å². The van der Waals surface area contributed by atoms with Crippen LogP contribution in [-0.4, -0.2) is 24.2 Å². The molecule has 1 aliphatic rings. The Morgan fingerprint density at radius 1 is 1.29 bits per heavy atom. The van der Waals surface area contributed by atoms with Crippen molar-refractivity contribution in [3.05, 3.63) is 0 Å². The van der Waals surface area contributed by atoms with Crippen LogP contribution in [0.5, 0.6) is 0 Å². The van der Waals surface area contributed by atoms with Crippen molar-refractivity contribution < 1.29 is 22.8 Å². The molecule has 3 amide bonds. The summed E-state index contributed by atoms with van der Waals surface area (Å²) in [4.78, 5) is 21.8. The zero-order valence-corrected chi connectivity index (χ0v) is 7.53. The van der Waals surface area contributed by atoms with E-state index >= 15 is 0 Å². The number of nitrogens with one attached hydrogen (secondary N) is 2. The minimum atomic E-state index is -4.63. The smallest absolute Gasteiger partial charge is 0.325 e. The molecule has 0 spiro atoms. The summed E-state index contributed by atoms with van der Waals surface area (Å²) in [6, 6.07) is -3.26. The highest BCUT2D eigenvalue weighted by molar-refractivity contribution is 6.00. The van der Waals surface area contributed by atoms with Crippen LogP contribution in [0.15, 0.2) is 0 Å². The minimum absolute atomic E-state index is 0.927. The Bertz CT molecular complexity index is 285. The lowest BCUT2D eigenvalue weighted by Gasteiger charge is -2.38. The average Bonchev–Trinajstić information content (AvgIpc) is 1.95. The molecule has 0 aromatic carbocycles. The van der Waals surface area contributed by atoms with E-state index in [9.17, 15) is 22.8 Å². The Labute approximate surface area is 77.8 Å². The Balaban J connectivity index is 3.03. The van der Waals surface area contributed by atoms with E-state index < -0.39 is 29.6 Å². The first-order chi connectivity index (χ1) is 6.15. The molecule has 0 aromatic heterocycles. The van der Waals surface area contributed by atoms with Crippen LogP contribution in [0.4, 0.5) is 18.0 Å². The Morgan fingerprint density at radius 3 is 2.21 bits per heavy atom. The van der Waals surface area contributed by atoms with Gasteiger partial charge in [0.1, 0.15) is 6.04 Å². The van der Waals surface area contributed by atoms with Crippen LogP contribution in [0.3, 0.4) is 0 Å². The Morgan fingerprint density at radius 2 is 1.79 bits per heavy atom. The molecule has 80 valence electrons. The molecular weight excluding hydrogens is 201 g/mol. The van der Waals surface area contributed by atoms with E-state index in [4.69, 9.17) is 0 Å². The Kier molecular flexibility index (Phi) is 2.21. The number of hydrogen-bond acceptors (Lipinski definition) is 2. The highest BCUT2D eigenvalue weighted by Gasteiger charge is 2.56. The number of halogens is 3. The molecule has 1 saturated heterocycles. The predicted molar refractivity (Wildman–Crippen MR) is 40.3 cm³/mol. The van der Waals surface area contributed by atoms with Crippen LogP contribution in [0.25, 0.3) is 0 Å². The number of carbonyl (C=O) groups excluding carboxylic acids is 2. The van der Waals surface area contributed by atoms with E-state index in [2.05, 4.69) is 0 Å². The molecule has 0 aromatic rings. The van der Waals surface area contributed by atoms with Crippen molar-refractivity contribution in [1.29, 1.82) is 0 Å². The van der Waals surface area contributed by atoms with Gasteiger partial charge < -0.3 is 5.32 Å².